The van der Waals surface area contributed by atoms with Crippen LogP contribution in [0.4, 0.5) is 15.5 Å². The van der Waals surface area contributed by atoms with Gasteiger partial charge in [0.15, 0.2) is 18.0 Å². The minimum Gasteiger partial charge on any atom is -0.469 e. The van der Waals surface area contributed by atoms with E-state index in [9.17, 15) is 44.7 Å². The van der Waals surface area contributed by atoms with E-state index >= 15 is 4.11 Å². The SMILES string of the molecule is COC(=O)CCCCN1C(=O)[C@]2(O[C@H](CC(=O)N3Cc4ccccc4C[C@H]3CO)[C@@H]([Si](C)(C)F)[C@@H]2C)c2cc(NC(=O)[C@H]3O[C@@H](O)[C@H](O)[C@@H](O)[C@@H]3O)ccc21. The molecule has 0 radical (unpaired) electrons. The first-order valence-electron chi connectivity index (χ1n) is 18.6. The van der Waals surface area contributed by atoms with Crippen LogP contribution in [0.3, 0.4) is 0 Å². The molecule has 2 aromatic carbocycles. The molecule has 0 aromatic heterocycles. The Labute approximate surface area is 319 Å². The standard InChI is InChI=1S/C38H50FN3O12Si/c1-20-34(55(3,4)39)27(17-28(44)42-18-22-10-6-5-9-21(22)15-24(42)19-43)54-38(20)25-16-23(40-35(49)33-31(47)30(46)32(48)36(50)53-33)12-13-26(25)41(37(38)51)14-8-7-11-29(45)52-2/h5-6,9-10,12-13,16,20,24,27,30-34,36,43,46-48,50H,7-8,11,14-15,17-19H2,1-4H3,(H,40,49)/t20-,24-,27+,30-,31-,32+,33-,34-,36+,38+/m0/s1. The summed E-state index contributed by atoms with van der Waals surface area (Å²) in [5.41, 5.74) is 0.210. The average Bonchev–Trinajstić information content (AvgIpc) is 3.58. The molecule has 6 rings (SSSR count). The second kappa shape index (κ2) is 16.0. The van der Waals surface area contributed by atoms with Crippen molar-refractivity contribution >= 4 is 43.5 Å². The van der Waals surface area contributed by atoms with E-state index in [1.165, 1.54) is 37.2 Å². The third kappa shape index (κ3) is 7.56. The van der Waals surface area contributed by atoms with Gasteiger partial charge in [0.05, 0.1) is 38.0 Å². The fourth-order valence-electron chi connectivity index (χ4n) is 8.81. The summed E-state index contributed by atoms with van der Waals surface area (Å²) in [6, 6.07) is 11.7. The van der Waals surface area contributed by atoms with Crippen LogP contribution < -0.4 is 10.2 Å². The number of esters is 1. The van der Waals surface area contributed by atoms with E-state index < -0.39 is 86.1 Å². The number of rotatable bonds is 11. The van der Waals surface area contributed by atoms with Crippen molar-refractivity contribution in [1.82, 2.24) is 4.90 Å². The minimum absolute atomic E-state index is 0.121. The van der Waals surface area contributed by atoms with Gasteiger partial charge in [-0.15, -0.1) is 0 Å². The quantitative estimate of drug-likeness (QED) is 0.0821. The van der Waals surface area contributed by atoms with Gasteiger partial charge in [-0.05, 0) is 61.7 Å². The molecule has 0 unspecified atom stereocenters. The Bertz CT molecular complexity index is 1790. The second-order valence-electron chi connectivity index (χ2n) is 15.4. The molecule has 2 saturated heterocycles. The summed E-state index contributed by atoms with van der Waals surface area (Å²) in [5.74, 6) is -2.99. The number of aliphatic hydroxyl groups is 5. The Balaban J connectivity index is 1.33. The van der Waals surface area contributed by atoms with E-state index in [1.54, 1.807) is 17.9 Å². The molecule has 2 aromatic rings. The summed E-state index contributed by atoms with van der Waals surface area (Å²) < 4.78 is 33.2. The van der Waals surface area contributed by atoms with Crippen LogP contribution >= 0.6 is 0 Å². The Kier molecular flexibility index (Phi) is 11.9. The lowest BCUT2D eigenvalue weighted by Gasteiger charge is -2.37. The maximum Gasteiger partial charge on any atom is 0.305 e. The summed E-state index contributed by atoms with van der Waals surface area (Å²) in [4.78, 5) is 57.2. The van der Waals surface area contributed by atoms with Crippen LogP contribution in [0, 0.1) is 5.92 Å². The fraction of sp³-hybridized carbons (Fsp3) is 0.579. The number of anilines is 2. The van der Waals surface area contributed by atoms with E-state index in [0.717, 1.165) is 11.1 Å². The van der Waals surface area contributed by atoms with Crippen LogP contribution in [0.5, 0.6) is 0 Å². The predicted molar refractivity (Wildman–Crippen MR) is 196 cm³/mol. The zero-order valence-electron chi connectivity index (χ0n) is 31.3. The molecule has 2 fully saturated rings. The van der Waals surface area contributed by atoms with Crippen molar-refractivity contribution in [2.75, 3.05) is 30.5 Å². The number of benzene rings is 2. The van der Waals surface area contributed by atoms with Crippen molar-refractivity contribution in [1.29, 1.82) is 0 Å². The topological polar surface area (TPSA) is 216 Å². The molecule has 0 saturated carbocycles. The van der Waals surface area contributed by atoms with Gasteiger partial charge in [-0.2, -0.15) is 0 Å². The third-order valence-electron chi connectivity index (χ3n) is 11.6. The number of ether oxygens (including phenoxy) is 3. The van der Waals surface area contributed by atoms with Gasteiger partial charge in [0, 0.05) is 42.2 Å². The molecule has 0 aliphatic carbocycles. The monoisotopic (exact) mass is 787 g/mol. The Hall–Kier alpha value is -3.81. The summed E-state index contributed by atoms with van der Waals surface area (Å²) in [5, 5.41) is 53.3. The maximum atomic E-state index is 16.6. The predicted octanol–water partition coefficient (Wildman–Crippen LogP) is 1.23. The van der Waals surface area contributed by atoms with Crippen LogP contribution in [0.25, 0.3) is 0 Å². The van der Waals surface area contributed by atoms with Crippen molar-refractivity contribution < 1.29 is 63.0 Å². The highest BCUT2D eigenvalue weighted by Crippen LogP contribution is 2.60. The number of fused-ring (bicyclic) bond motifs is 3. The van der Waals surface area contributed by atoms with E-state index in [-0.39, 0.29) is 44.1 Å². The largest absolute Gasteiger partial charge is 0.469 e. The zero-order chi connectivity index (χ0) is 40.0. The van der Waals surface area contributed by atoms with Crippen LogP contribution in [-0.4, -0.2) is 126 Å². The third-order valence-corrected chi connectivity index (χ3v) is 14.0. The molecule has 300 valence electrons. The molecule has 4 aliphatic rings. The van der Waals surface area contributed by atoms with Gasteiger partial charge in [-0.3, -0.25) is 19.2 Å². The minimum atomic E-state index is -3.70. The molecular formula is C38H50FN3O12Si. The Morgan fingerprint density at radius 2 is 1.75 bits per heavy atom. The van der Waals surface area contributed by atoms with Crippen molar-refractivity contribution in [2.45, 2.75) is 113 Å². The van der Waals surface area contributed by atoms with Gasteiger partial charge in [-0.25, -0.2) is 0 Å². The molecule has 1 spiro atoms. The average molecular weight is 788 g/mol. The number of carbonyl (C=O) groups excluding carboxylic acids is 4. The number of methoxy groups -OCH3 is 1. The molecule has 4 heterocycles. The summed E-state index contributed by atoms with van der Waals surface area (Å²) >= 11 is 0. The first-order valence-corrected chi connectivity index (χ1v) is 21.5. The van der Waals surface area contributed by atoms with Gasteiger partial charge in [-0.1, -0.05) is 31.2 Å². The van der Waals surface area contributed by atoms with E-state index in [0.29, 0.717) is 30.5 Å². The summed E-state index contributed by atoms with van der Waals surface area (Å²) in [7, 11) is -2.41. The van der Waals surface area contributed by atoms with Gasteiger partial charge in [0.1, 0.15) is 18.3 Å². The number of hydrogen-bond donors (Lipinski definition) is 6. The van der Waals surface area contributed by atoms with Crippen LogP contribution in [0.1, 0.15) is 49.3 Å². The van der Waals surface area contributed by atoms with Crippen molar-refractivity contribution in [3.8, 4) is 0 Å². The lowest BCUT2D eigenvalue weighted by atomic mass is 9.82. The molecular weight excluding hydrogens is 738 g/mol. The first-order chi connectivity index (χ1) is 26.0. The Morgan fingerprint density at radius 1 is 1.04 bits per heavy atom. The lowest BCUT2D eigenvalue weighted by molar-refractivity contribution is -0.274. The molecule has 17 heteroatoms. The highest BCUT2D eigenvalue weighted by atomic mass is 28.4. The molecule has 4 aliphatic heterocycles. The molecule has 10 atom stereocenters. The fourth-order valence-corrected chi connectivity index (χ4v) is 11.3. The second-order valence-corrected chi connectivity index (χ2v) is 19.2. The summed E-state index contributed by atoms with van der Waals surface area (Å²) in [6.07, 6.45) is -9.20. The van der Waals surface area contributed by atoms with Gasteiger partial charge < -0.3 is 59.0 Å². The molecule has 0 bridgehead atoms. The molecule has 55 heavy (non-hydrogen) atoms. The van der Waals surface area contributed by atoms with Crippen LogP contribution in [-0.2, 0) is 52.0 Å². The van der Waals surface area contributed by atoms with Crippen molar-refractivity contribution in [3.05, 3.63) is 59.2 Å². The van der Waals surface area contributed by atoms with E-state index in [4.69, 9.17) is 14.2 Å². The van der Waals surface area contributed by atoms with Gasteiger partial charge in [0.2, 0.25) is 14.3 Å². The number of carbonyl (C=O) groups is 4. The first kappa shape index (κ1) is 40.8. The number of amides is 3. The van der Waals surface area contributed by atoms with Crippen LogP contribution in [0.2, 0.25) is 18.6 Å². The van der Waals surface area contributed by atoms with E-state index in [1.807, 2.05) is 24.3 Å². The molecule has 3 amide bonds. The van der Waals surface area contributed by atoms with Crippen molar-refractivity contribution in [2.24, 2.45) is 5.92 Å². The normalized spacial score (nSPS) is 31.7. The number of nitrogens with zero attached hydrogens (tertiary/aromatic N) is 2. The molecule has 15 nitrogen and oxygen atoms in total. The lowest BCUT2D eigenvalue weighted by Crippen LogP contribution is -2.60. The van der Waals surface area contributed by atoms with Crippen molar-refractivity contribution in [3.63, 3.8) is 0 Å². The maximum absolute atomic E-state index is 16.6. The van der Waals surface area contributed by atoms with Gasteiger partial charge in [0.25, 0.3) is 11.8 Å². The number of halogens is 1. The Morgan fingerprint density at radius 3 is 2.42 bits per heavy atom. The van der Waals surface area contributed by atoms with Crippen LogP contribution in [0.15, 0.2) is 42.5 Å². The van der Waals surface area contributed by atoms with E-state index in [2.05, 4.69) is 5.32 Å². The number of unbranched alkanes of at least 4 members (excludes halogenated alkanes) is 1. The number of aliphatic hydroxyl groups excluding tert-OH is 5. The number of nitrogens with one attached hydrogen (secondary N) is 1. The highest BCUT2D eigenvalue weighted by Gasteiger charge is 2.67. The highest BCUT2D eigenvalue weighted by molar-refractivity contribution is 6.72. The zero-order valence-corrected chi connectivity index (χ0v) is 32.3. The van der Waals surface area contributed by atoms with Gasteiger partial charge >= 0.3 is 5.97 Å². The molecule has 6 N–H and O–H groups in total. The summed E-state index contributed by atoms with van der Waals surface area (Å²) in [6.45, 7) is 4.90. The smallest absolute Gasteiger partial charge is 0.305 e. The number of hydrogen-bond acceptors (Lipinski definition) is 12.